The maximum Gasteiger partial charge on any atom is 0.150 e. The van der Waals surface area contributed by atoms with Gasteiger partial charge in [0.1, 0.15) is 12.0 Å². The van der Waals surface area contributed by atoms with Crippen molar-refractivity contribution in [1.29, 1.82) is 0 Å². The summed E-state index contributed by atoms with van der Waals surface area (Å²) >= 11 is 0. The van der Waals surface area contributed by atoms with E-state index in [0.717, 1.165) is 30.6 Å². The molecule has 118 valence electrons. The summed E-state index contributed by atoms with van der Waals surface area (Å²) in [5.74, 6) is 0. The van der Waals surface area contributed by atoms with E-state index in [2.05, 4.69) is 15.1 Å². The highest BCUT2D eigenvalue weighted by molar-refractivity contribution is 5.83. The van der Waals surface area contributed by atoms with Gasteiger partial charge in [0, 0.05) is 36.1 Å². The molecule has 5 nitrogen and oxygen atoms in total. The number of piperidine rings is 1. The molecule has 0 saturated carbocycles. The van der Waals surface area contributed by atoms with Gasteiger partial charge in [0.2, 0.25) is 0 Å². The zero-order chi connectivity index (χ0) is 16.2. The summed E-state index contributed by atoms with van der Waals surface area (Å²) in [4.78, 5) is 29.0. The molecule has 0 atom stereocenters. The Morgan fingerprint density at radius 3 is 2.65 bits per heavy atom. The molecule has 2 heterocycles. The Balaban J connectivity index is 2.05. The summed E-state index contributed by atoms with van der Waals surface area (Å²) in [5, 5.41) is 3.11. The van der Waals surface area contributed by atoms with Crippen LogP contribution >= 0.6 is 0 Å². The first-order chi connectivity index (χ1) is 11.2. The molecule has 23 heavy (non-hydrogen) atoms. The van der Waals surface area contributed by atoms with E-state index < -0.39 is 0 Å². The average molecular weight is 309 g/mol. The molecule has 1 aliphatic heterocycles. The molecular formula is C18H19N3O2. The SMILES string of the molecule is Cc1cnc(-c2cc(N3CCCCC3)ccc2N=O)cc1C=O. The number of anilines is 1. The number of nitroso groups, excluding NO2 is 1. The number of carbonyl (C=O) groups is 1. The Kier molecular flexibility index (Phi) is 4.46. The van der Waals surface area contributed by atoms with Crippen LogP contribution in [0.1, 0.15) is 35.2 Å². The van der Waals surface area contributed by atoms with Crippen LogP contribution in [0.25, 0.3) is 11.3 Å². The van der Waals surface area contributed by atoms with Crippen LogP contribution in [-0.4, -0.2) is 24.4 Å². The van der Waals surface area contributed by atoms with Gasteiger partial charge in [0.05, 0.1) is 5.69 Å². The highest BCUT2D eigenvalue weighted by atomic mass is 16.3. The molecule has 0 bridgehead atoms. The third kappa shape index (κ3) is 3.13. The number of benzene rings is 1. The molecular weight excluding hydrogens is 290 g/mol. The molecule has 1 fully saturated rings. The number of rotatable bonds is 4. The third-order valence-electron chi connectivity index (χ3n) is 4.35. The first kappa shape index (κ1) is 15.3. The molecule has 0 N–H and O–H groups in total. The standard InChI is InChI=1S/C18H19N3O2/c1-13-11-19-18(9-14(13)12-22)16-10-15(5-6-17(16)20-23)21-7-3-2-4-8-21/h5-6,9-12H,2-4,7-8H2,1H3. The van der Waals surface area contributed by atoms with Gasteiger partial charge < -0.3 is 4.90 Å². The van der Waals surface area contributed by atoms with E-state index in [9.17, 15) is 9.70 Å². The lowest BCUT2D eigenvalue weighted by molar-refractivity contribution is 0.112. The van der Waals surface area contributed by atoms with Crippen molar-refractivity contribution in [2.75, 3.05) is 18.0 Å². The van der Waals surface area contributed by atoms with Crippen LogP contribution in [0.4, 0.5) is 11.4 Å². The molecule has 0 unspecified atom stereocenters. The second-order valence-corrected chi connectivity index (χ2v) is 5.88. The Labute approximate surface area is 135 Å². The maximum absolute atomic E-state index is 11.2. The fourth-order valence-electron chi connectivity index (χ4n) is 2.97. The monoisotopic (exact) mass is 309 g/mol. The van der Waals surface area contributed by atoms with Crippen molar-refractivity contribution in [2.24, 2.45) is 5.18 Å². The number of aldehydes is 1. The van der Waals surface area contributed by atoms with Gasteiger partial charge in [-0.15, -0.1) is 4.91 Å². The smallest absolute Gasteiger partial charge is 0.150 e. The molecule has 0 amide bonds. The lowest BCUT2D eigenvalue weighted by Gasteiger charge is -2.29. The van der Waals surface area contributed by atoms with Gasteiger partial charge in [-0.25, -0.2) is 0 Å². The van der Waals surface area contributed by atoms with E-state index in [1.807, 2.05) is 19.1 Å². The van der Waals surface area contributed by atoms with Crippen molar-refractivity contribution in [1.82, 2.24) is 4.98 Å². The number of nitrogens with zero attached hydrogens (tertiary/aromatic N) is 3. The Morgan fingerprint density at radius 2 is 1.96 bits per heavy atom. The predicted molar refractivity (Wildman–Crippen MR) is 91.3 cm³/mol. The second-order valence-electron chi connectivity index (χ2n) is 5.88. The quantitative estimate of drug-likeness (QED) is 0.625. The lowest BCUT2D eigenvalue weighted by atomic mass is 10.0. The topological polar surface area (TPSA) is 62.6 Å². The van der Waals surface area contributed by atoms with Gasteiger partial charge in [-0.1, -0.05) is 0 Å². The largest absolute Gasteiger partial charge is 0.372 e. The summed E-state index contributed by atoms with van der Waals surface area (Å²) in [6.07, 6.45) is 6.09. The normalized spacial score (nSPS) is 14.6. The van der Waals surface area contributed by atoms with Crippen molar-refractivity contribution in [3.63, 3.8) is 0 Å². The third-order valence-corrected chi connectivity index (χ3v) is 4.35. The van der Waals surface area contributed by atoms with Crippen molar-refractivity contribution >= 4 is 17.7 Å². The minimum Gasteiger partial charge on any atom is -0.372 e. The van der Waals surface area contributed by atoms with Crippen LogP contribution in [0.3, 0.4) is 0 Å². The first-order valence-corrected chi connectivity index (χ1v) is 7.87. The van der Waals surface area contributed by atoms with E-state index in [-0.39, 0.29) is 0 Å². The van der Waals surface area contributed by atoms with Crippen LogP contribution in [0.15, 0.2) is 35.6 Å². The van der Waals surface area contributed by atoms with E-state index in [0.29, 0.717) is 22.5 Å². The van der Waals surface area contributed by atoms with Crippen LogP contribution in [-0.2, 0) is 0 Å². The molecule has 0 aliphatic carbocycles. The van der Waals surface area contributed by atoms with Gasteiger partial charge in [0.15, 0.2) is 0 Å². The van der Waals surface area contributed by atoms with E-state index in [1.54, 1.807) is 18.3 Å². The number of carbonyl (C=O) groups excluding carboxylic acids is 1. The van der Waals surface area contributed by atoms with Gasteiger partial charge in [-0.2, -0.15) is 0 Å². The number of hydrogen-bond acceptors (Lipinski definition) is 5. The number of aromatic nitrogens is 1. The van der Waals surface area contributed by atoms with Crippen LogP contribution in [0.5, 0.6) is 0 Å². The molecule has 1 saturated heterocycles. The number of pyridine rings is 1. The van der Waals surface area contributed by atoms with Crippen molar-refractivity contribution < 1.29 is 4.79 Å². The molecule has 0 spiro atoms. The first-order valence-electron chi connectivity index (χ1n) is 7.87. The molecule has 0 radical (unpaired) electrons. The lowest BCUT2D eigenvalue weighted by Crippen LogP contribution is -2.29. The summed E-state index contributed by atoms with van der Waals surface area (Å²) in [7, 11) is 0. The summed E-state index contributed by atoms with van der Waals surface area (Å²) in [5.41, 5.74) is 4.09. The van der Waals surface area contributed by atoms with Crippen molar-refractivity contribution in [3.05, 3.63) is 46.5 Å². The van der Waals surface area contributed by atoms with Crippen LogP contribution < -0.4 is 4.90 Å². The Morgan fingerprint density at radius 1 is 1.17 bits per heavy atom. The average Bonchev–Trinajstić information content (AvgIpc) is 2.62. The molecule has 3 rings (SSSR count). The van der Waals surface area contributed by atoms with Gasteiger partial charge >= 0.3 is 0 Å². The zero-order valence-corrected chi connectivity index (χ0v) is 13.2. The predicted octanol–water partition coefficient (Wildman–Crippen LogP) is 4.26. The summed E-state index contributed by atoms with van der Waals surface area (Å²) < 4.78 is 0. The van der Waals surface area contributed by atoms with Gasteiger partial charge in [0.25, 0.3) is 0 Å². The highest BCUT2D eigenvalue weighted by Gasteiger charge is 2.15. The fraction of sp³-hybridized carbons (Fsp3) is 0.333. The van der Waals surface area contributed by atoms with Crippen LogP contribution in [0.2, 0.25) is 0 Å². The zero-order valence-electron chi connectivity index (χ0n) is 13.2. The molecule has 5 heteroatoms. The Hall–Kier alpha value is -2.56. The van der Waals surface area contributed by atoms with E-state index in [1.165, 1.54) is 19.3 Å². The van der Waals surface area contributed by atoms with E-state index in [4.69, 9.17) is 0 Å². The van der Waals surface area contributed by atoms with Gasteiger partial charge in [-0.3, -0.25) is 9.78 Å². The number of aryl methyl sites for hydroxylation is 1. The van der Waals surface area contributed by atoms with Crippen molar-refractivity contribution in [2.45, 2.75) is 26.2 Å². The fourth-order valence-corrected chi connectivity index (χ4v) is 2.97. The maximum atomic E-state index is 11.2. The highest BCUT2D eigenvalue weighted by Crippen LogP contribution is 2.34. The molecule has 2 aromatic rings. The summed E-state index contributed by atoms with van der Waals surface area (Å²) in [6, 6.07) is 7.33. The summed E-state index contributed by atoms with van der Waals surface area (Å²) in [6.45, 7) is 3.88. The molecule has 1 aromatic carbocycles. The van der Waals surface area contributed by atoms with Crippen molar-refractivity contribution in [3.8, 4) is 11.3 Å². The number of hydrogen-bond donors (Lipinski definition) is 0. The minimum atomic E-state index is 0.346. The van der Waals surface area contributed by atoms with Gasteiger partial charge in [-0.05, 0) is 61.2 Å². The second kappa shape index (κ2) is 6.69. The minimum absolute atomic E-state index is 0.346. The Bertz CT molecular complexity index is 737. The van der Waals surface area contributed by atoms with Crippen LogP contribution in [0, 0.1) is 11.8 Å². The molecule has 1 aromatic heterocycles. The van der Waals surface area contributed by atoms with E-state index >= 15 is 0 Å². The molecule has 1 aliphatic rings.